The number of fused-ring (bicyclic) bond motifs is 1. The lowest BCUT2D eigenvalue weighted by Crippen LogP contribution is -2.06. The predicted octanol–water partition coefficient (Wildman–Crippen LogP) is 4.21. The van der Waals surface area contributed by atoms with Crippen molar-refractivity contribution in [3.05, 3.63) is 58.1 Å². The van der Waals surface area contributed by atoms with Crippen LogP contribution in [0.2, 0.25) is 0 Å². The van der Waals surface area contributed by atoms with Crippen molar-refractivity contribution >= 4 is 5.97 Å². The molecule has 0 bridgehead atoms. The van der Waals surface area contributed by atoms with Crippen molar-refractivity contribution in [1.82, 2.24) is 0 Å². The van der Waals surface area contributed by atoms with E-state index in [1.807, 2.05) is 58.0 Å². The lowest BCUT2D eigenvalue weighted by atomic mass is 9.92. The van der Waals surface area contributed by atoms with Gasteiger partial charge in [0.2, 0.25) is 0 Å². The lowest BCUT2D eigenvalue weighted by Gasteiger charge is -2.18. The fraction of sp³-hybridized carbons (Fsp3) is 0.316. The van der Waals surface area contributed by atoms with Gasteiger partial charge in [0.25, 0.3) is 0 Å². The zero-order valence-corrected chi connectivity index (χ0v) is 13.4. The van der Waals surface area contributed by atoms with Gasteiger partial charge in [-0.05, 0) is 49.9 Å². The number of carbonyl (C=O) groups is 1. The Morgan fingerprint density at radius 3 is 2.41 bits per heavy atom. The molecule has 0 spiro atoms. The van der Waals surface area contributed by atoms with Crippen LogP contribution in [0.5, 0.6) is 11.5 Å². The van der Waals surface area contributed by atoms with Crippen LogP contribution in [0.4, 0.5) is 0 Å². The third-order valence-corrected chi connectivity index (χ3v) is 4.45. The van der Waals surface area contributed by atoms with Crippen molar-refractivity contribution in [1.29, 1.82) is 0 Å². The number of esters is 1. The first-order chi connectivity index (χ1) is 10.5. The molecule has 0 N–H and O–H groups in total. The third kappa shape index (κ3) is 2.27. The molecule has 2 aromatic rings. The molecule has 0 saturated heterocycles. The molecule has 0 radical (unpaired) electrons. The molecule has 1 unspecified atom stereocenters. The fourth-order valence-electron chi connectivity index (χ4n) is 3.02. The SMILES string of the molecule is Cc1c(C)c2c(c(C)c1OCc1ccccc1)C(C)C(=O)O2. The van der Waals surface area contributed by atoms with Crippen LogP contribution < -0.4 is 9.47 Å². The summed E-state index contributed by atoms with van der Waals surface area (Å²) in [5.41, 5.74) is 5.12. The second kappa shape index (κ2) is 5.48. The summed E-state index contributed by atoms with van der Waals surface area (Å²) in [5.74, 6) is 1.18. The maximum atomic E-state index is 11.9. The van der Waals surface area contributed by atoms with E-state index in [-0.39, 0.29) is 11.9 Å². The van der Waals surface area contributed by atoms with Gasteiger partial charge in [-0.25, -0.2) is 0 Å². The zero-order chi connectivity index (χ0) is 15.9. The van der Waals surface area contributed by atoms with E-state index >= 15 is 0 Å². The van der Waals surface area contributed by atoms with Gasteiger partial charge >= 0.3 is 5.97 Å². The Balaban J connectivity index is 1.99. The van der Waals surface area contributed by atoms with Crippen LogP contribution in [0.15, 0.2) is 30.3 Å². The van der Waals surface area contributed by atoms with Crippen LogP contribution >= 0.6 is 0 Å². The molecule has 22 heavy (non-hydrogen) atoms. The van der Waals surface area contributed by atoms with E-state index in [2.05, 4.69) is 0 Å². The molecule has 0 saturated carbocycles. The van der Waals surface area contributed by atoms with Crippen molar-refractivity contribution in [3.8, 4) is 11.5 Å². The van der Waals surface area contributed by atoms with Gasteiger partial charge < -0.3 is 9.47 Å². The smallest absolute Gasteiger partial charge is 0.318 e. The number of rotatable bonds is 3. The van der Waals surface area contributed by atoms with Crippen LogP contribution in [0.1, 0.15) is 40.7 Å². The molecule has 3 heteroatoms. The maximum absolute atomic E-state index is 11.9. The molecular weight excluding hydrogens is 276 g/mol. The topological polar surface area (TPSA) is 35.5 Å². The van der Waals surface area contributed by atoms with Crippen molar-refractivity contribution in [2.75, 3.05) is 0 Å². The Bertz CT molecular complexity index is 732. The van der Waals surface area contributed by atoms with Gasteiger partial charge in [0.1, 0.15) is 18.1 Å². The average Bonchev–Trinajstić information content (AvgIpc) is 2.82. The Morgan fingerprint density at radius 2 is 1.73 bits per heavy atom. The highest BCUT2D eigenvalue weighted by Gasteiger charge is 2.34. The summed E-state index contributed by atoms with van der Waals surface area (Å²) in [5, 5.41) is 0. The number of carbonyl (C=O) groups excluding carboxylic acids is 1. The molecule has 2 aromatic carbocycles. The van der Waals surface area contributed by atoms with E-state index < -0.39 is 0 Å². The van der Waals surface area contributed by atoms with Crippen molar-refractivity contribution in [2.45, 2.75) is 40.2 Å². The maximum Gasteiger partial charge on any atom is 0.318 e. The van der Waals surface area contributed by atoms with Crippen LogP contribution in [-0.4, -0.2) is 5.97 Å². The zero-order valence-electron chi connectivity index (χ0n) is 13.4. The molecule has 1 heterocycles. The van der Waals surface area contributed by atoms with Gasteiger partial charge in [-0.2, -0.15) is 0 Å². The van der Waals surface area contributed by atoms with E-state index in [0.717, 1.165) is 39.3 Å². The standard InChI is InChI=1S/C19H20O3/c1-11-12(2)18-16(14(4)19(20)22-18)13(3)17(11)21-10-15-8-6-5-7-9-15/h5-9,14H,10H2,1-4H3. The summed E-state index contributed by atoms with van der Waals surface area (Å²) in [4.78, 5) is 11.9. The van der Waals surface area contributed by atoms with Gasteiger partial charge in [0.15, 0.2) is 0 Å². The molecule has 0 aliphatic carbocycles. The largest absolute Gasteiger partial charge is 0.488 e. The van der Waals surface area contributed by atoms with E-state index in [0.29, 0.717) is 6.61 Å². The highest BCUT2D eigenvalue weighted by Crippen LogP contribution is 2.45. The van der Waals surface area contributed by atoms with Gasteiger partial charge in [0.05, 0.1) is 5.92 Å². The Morgan fingerprint density at radius 1 is 1.05 bits per heavy atom. The minimum Gasteiger partial charge on any atom is -0.488 e. The third-order valence-electron chi connectivity index (χ3n) is 4.45. The normalized spacial score (nSPS) is 16.4. The molecular formula is C19H20O3. The van der Waals surface area contributed by atoms with E-state index in [1.54, 1.807) is 0 Å². The molecule has 3 nitrogen and oxygen atoms in total. The van der Waals surface area contributed by atoms with Gasteiger partial charge in [-0.15, -0.1) is 0 Å². The molecule has 1 atom stereocenters. The van der Waals surface area contributed by atoms with Gasteiger partial charge in [0, 0.05) is 5.56 Å². The Hall–Kier alpha value is -2.29. The first kappa shape index (κ1) is 14.6. The van der Waals surface area contributed by atoms with Crippen LogP contribution in [-0.2, 0) is 11.4 Å². The lowest BCUT2D eigenvalue weighted by molar-refractivity contribution is -0.133. The van der Waals surface area contributed by atoms with Crippen LogP contribution in [0.25, 0.3) is 0 Å². The number of benzene rings is 2. The molecule has 0 fully saturated rings. The minimum atomic E-state index is -0.228. The summed E-state index contributed by atoms with van der Waals surface area (Å²) in [6, 6.07) is 10.1. The summed E-state index contributed by atoms with van der Waals surface area (Å²) in [6.07, 6.45) is 0. The summed E-state index contributed by atoms with van der Waals surface area (Å²) in [6.45, 7) is 8.40. The van der Waals surface area contributed by atoms with E-state index in [1.165, 1.54) is 0 Å². The quantitative estimate of drug-likeness (QED) is 0.628. The predicted molar refractivity (Wildman–Crippen MR) is 85.5 cm³/mol. The fourth-order valence-corrected chi connectivity index (χ4v) is 3.02. The summed E-state index contributed by atoms with van der Waals surface area (Å²) in [7, 11) is 0. The molecule has 1 aliphatic rings. The Labute approximate surface area is 130 Å². The van der Waals surface area contributed by atoms with Gasteiger partial charge in [-0.3, -0.25) is 4.79 Å². The highest BCUT2D eigenvalue weighted by atomic mass is 16.5. The highest BCUT2D eigenvalue weighted by molar-refractivity contribution is 5.88. The monoisotopic (exact) mass is 296 g/mol. The first-order valence-corrected chi connectivity index (χ1v) is 7.52. The summed E-state index contributed by atoms with van der Waals surface area (Å²) >= 11 is 0. The van der Waals surface area contributed by atoms with E-state index in [9.17, 15) is 4.79 Å². The Kier molecular flexibility index (Phi) is 3.65. The van der Waals surface area contributed by atoms with E-state index in [4.69, 9.17) is 9.47 Å². The second-order valence-electron chi connectivity index (χ2n) is 5.86. The number of hydrogen-bond donors (Lipinski definition) is 0. The molecule has 0 aromatic heterocycles. The molecule has 3 rings (SSSR count). The molecule has 1 aliphatic heterocycles. The first-order valence-electron chi connectivity index (χ1n) is 7.52. The van der Waals surface area contributed by atoms with Crippen LogP contribution in [0, 0.1) is 20.8 Å². The average molecular weight is 296 g/mol. The summed E-state index contributed by atoms with van der Waals surface area (Å²) < 4.78 is 11.5. The van der Waals surface area contributed by atoms with Gasteiger partial charge in [-0.1, -0.05) is 30.3 Å². The molecule has 114 valence electrons. The number of ether oxygens (including phenoxy) is 2. The second-order valence-corrected chi connectivity index (χ2v) is 5.86. The van der Waals surface area contributed by atoms with Crippen molar-refractivity contribution in [3.63, 3.8) is 0 Å². The molecule has 0 amide bonds. The van der Waals surface area contributed by atoms with Crippen LogP contribution in [0.3, 0.4) is 0 Å². The minimum absolute atomic E-state index is 0.180. The van der Waals surface area contributed by atoms with Crippen molar-refractivity contribution < 1.29 is 14.3 Å². The van der Waals surface area contributed by atoms with Crippen molar-refractivity contribution in [2.24, 2.45) is 0 Å². The number of hydrogen-bond acceptors (Lipinski definition) is 3.